The second kappa shape index (κ2) is 3.22. The lowest BCUT2D eigenvalue weighted by atomic mass is 10.0. The monoisotopic (exact) mass is 187 g/mol. The molecule has 0 aliphatic carbocycles. The average Bonchev–Trinajstić information content (AvgIpc) is 2.57. The van der Waals surface area contributed by atoms with E-state index in [0.29, 0.717) is 0 Å². The van der Waals surface area contributed by atoms with Crippen molar-refractivity contribution in [2.45, 2.75) is 13.8 Å². The predicted molar refractivity (Wildman–Crippen MR) is 58.0 cm³/mol. The maximum Gasteiger partial charge on any atom is 0.0983 e. The van der Waals surface area contributed by atoms with Crippen LogP contribution in [0, 0.1) is 13.8 Å². The van der Waals surface area contributed by atoms with E-state index in [1.165, 1.54) is 0 Å². The van der Waals surface area contributed by atoms with Crippen LogP contribution >= 0.6 is 0 Å². The molecule has 1 aromatic heterocycles. The van der Waals surface area contributed by atoms with Crippen LogP contribution in [-0.2, 0) is 0 Å². The van der Waals surface area contributed by atoms with E-state index in [9.17, 15) is 0 Å². The van der Waals surface area contributed by atoms with E-state index in [1.807, 2.05) is 26.0 Å². The first-order valence-electron chi connectivity index (χ1n) is 4.58. The number of hydrogen-bond acceptors (Lipinski definition) is 2. The Morgan fingerprint density at radius 2 is 1.86 bits per heavy atom. The Morgan fingerprint density at radius 1 is 1.07 bits per heavy atom. The van der Waals surface area contributed by atoms with Crippen molar-refractivity contribution >= 4 is 5.69 Å². The van der Waals surface area contributed by atoms with Gasteiger partial charge in [-0.25, -0.2) is 0 Å². The molecule has 0 unspecified atom stereocenters. The molecule has 0 saturated carbocycles. The third kappa shape index (κ3) is 1.39. The summed E-state index contributed by atoms with van der Waals surface area (Å²) in [6, 6.07) is 6.06. The number of benzene rings is 1. The van der Waals surface area contributed by atoms with Gasteiger partial charge < -0.3 is 10.2 Å². The number of nitrogens with two attached hydrogens (primary N) is 1. The summed E-state index contributed by atoms with van der Waals surface area (Å²) in [7, 11) is 0. The summed E-state index contributed by atoms with van der Waals surface area (Å²) in [5, 5.41) is 0. The van der Waals surface area contributed by atoms with Gasteiger partial charge in [-0.3, -0.25) is 0 Å². The maximum absolute atomic E-state index is 5.85. The summed E-state index contributed by atoms with van der Waals surface area (Å²) in [4.78, 5) is 0. The molecular formula is C12H13NO. The third-order valence-corrected chi connectivity index (χ3v) is 2.45. The number of anilines is 1. The summed E-state index contributed by atoms with van der Waals surface area (Å²) < 4.78 is 5.13. The molecule has 0 spiro atoms. The van der Waals surface area contributed by atoms with E-state index in [1.54, 1.807) is 12.5 Å². The van der Waals surface area contributed by atoms with Crippen LogP contribution in [0.5, 0.6) is 0 Å². The Hall–Kier alpha value is -1.70. The zero-order valence-corrected chi connectivity index (χ0v) is 8.37. The minimum Gasteiger partial charge on any atom is -0.472 e. The van der Waals surface area contributed by atoms with Crippen molar-refractivity contribution in [3.63, 3.8) is 0 Å². The second-order valence-corrected chi connectivity index (χ2v) is 3.54. The lowest BCUT2D eigenvalue weighted by molar-refractivity contribution is 0.566. The molecule has 2 heteroatoms. The highest BCUT2D eigenvalue weighted by molar-refractivity contribution is 5.70. The van der Waals surface area contributed by atoms with Crippen LogP contribution in [0.15, 0.2) is 35.1 Å². The van der Waals surface area contributed by atoms with E-state index in [2.05, 4.69) is 6.07 Å². The molecule has 2 N–H and O–H groups in total. The number of aryl methyl sites for hydroxylation is 2. The largest absolute Gasteiger partial charge is 0.472 e. The Bertz CT molecular complexity index is 457. The van der Waals surface area contributed by atoms with Gasteiger partial charge in [-0.1, -0.05) is 12.1 Å². The standard InChI is InChI=1S/C12H13NO/c1-8-3-4-10(5-12(8)13)11-7-14-6-9(11)2/h3-7H,13H2,1-2H3. The first-order valence-corrected chi connectivity index (χ1v) is 4.58. The Labute approximate surface area is 83.4 Å². The van der Waals surface area contributed by atoms with Gasteiger partial charge in [0.05, 0.1) is 12.5 Å². The lowest BCUT2D eigenvalue weighted by Crippen LogP contribution is -1.89. The average molecular weight is 187 g/mol. The number of nitrogen functional groups attached to an aromatic ring is 1. The van der Waals surface area contributed by atoms with Crippen molar-refractivity contribution in [3.8, 4) is 11.1 Å². The summed E-state index contributed by atoms with van der Waals surface area (Å²) in [5.74, 6) is 0. The highest BCUT2D eigenvalue weighted by Crippen LogP contribution is 2.26. The fraction of sp³-hybridized carbons (Fsp3) is 0.167. The van der Waals surface area contributed by atoms with Gasteiger partial charge in [-0.2, -0.15) is 0 Å². The number of hydrogen-bond donors (Lipinski definition) is 1. The number of furan rings is 1. The van der Waals surface area contributed by atoms with Crippen LogP contribution in [0.2, 0.25) is 0 Å². The van der Waals surface area contributed by atoms with Crippen LogP contribution in [-0.4, -0.2) is 0 Å². The Balaban J connectivity index is 2.53. The highest BCUT2D eigenvalue weighted by Gasteiger charge is 2.04. The molecule has 2 rings (SSSR count). The molecule has 1 heterocycles. The predicted octanol–water partition coefficient (Wildman–Crippen LogP) is 3.15. The molecule has 72 valence electrons. The Morgan fingerprint density at radius 3 is 2.43 bits per heavy atom. The van der Waals surface area contributed by atoms with Gasteiger partial charge in [0, 0.05) is 11.3 Å². The lowest BCUT2D eigenvalue weighted by Gasteiger charge is -2.03. The van der Waals surface area contributed by atoms with Crippen molar-refractivity contribution in [2.24, 2.45) is 0 Å². The van der Waals surface area contributed by atoms with Gasteiger partial charge in [-0.15, -0.1) is 0 Å². The molecular weight excluding hydrogens is 174 g/mol. The minimum atomic E-state index is 0.822. The molecule has 0 bridgehead atoms. The number of rotatable bonds is 1. The molecule has 0 fully saturated rings. The normalized spacial score (nSPS) is 10.4. The quantitative estimate of drug-likeness (QED) is 0.696. The molecule has 0 saturated heterocycles. The first kappa shape index (κ1) is 8.88. The van der Waals surface area contributed by atoms with Gasteiger partial charge in [0.2, 0.25) is 0 Å². The van der Waals surface area contributed by atoms with Crippen molar-refractivity contribution in [1.82, 2.24) is 0 Å². The first-order chi connectivity index (χ1) is 6.68. The SMILES string of the molecule is Cc1ccc(-c2cocc2C)cc1N. The van der Waals surface area contributed by atoms with Gasteiger partial charge in [0.1, 0.15) is 0 Å². The smallest absolute Gasteiger partial charge is 0.0983 e. The summed E-state index contributed by atoms with van der Waals surface area (Å²) in [6.07, 6.45) is 3.49. The van der Waals surface area contributed by atoms with Crippen LogP contribution in [0.25, 0.3) is 11.1 Å². The van der Waals surface area contributed by atoms with Gasteiger partial charge in [-0.05, 0) is 36.6 Å². The zero-order chi connectivity index (χ0) is 10.1. The van der Waals surface area contributed by atoms with Crippen molar-refractivity contribution in [2.75, 3.05) is 5.73 Å². The van der Waals surface area contributed by atoms with Crippen molar-refractivity contribution in [3.05, 3.63) is 41.9 Å². The van der Waals surface area contributed by atoms with E-state index in [4.69, 9.17) is 10.2 Å². The maximum atomic E-state index is 5.85. The molecule has 0 amide bonds. The third-order valence-electron chi connectivity index (χ3n) is 2.45. The molecule has 0 aliphatic rings. The molecule has 14 heavy (non-hydrogen) atoms. The van der Waals surface area contributed by atoms with Crippen LogP contribution < -0.4 is 5.73 Å². The molecule has 2 nitrogen and oxygen atoms in total. The van der Waals surface area contributed by atoms with Crippen LogP contribution in [0.4, 0.5) is 5.69 Å². The van der Waals surface area contributed by atoms with Gasteiger partial charge in [0.15, 0.2) is 0 Å². The topological polar surface area (TPSA) is 39.2 Å². The van der Waals surface area contributed by atoms with E-state index >= 15 is 0 Å². The molecule has 2 aromatic rings. The van der Waals surface area contributed by atoms with Gasteiger partial charge in [0.25, 0.3) is 0 Å². The van der Waals surface area contributed by atoms with Crippen molar-refractivity contribution in [1.29, 1.82) is 0 Å². The molecule has 0 radical (unpaired) electrons. The van der Waals surface area contributed by atoms with Crippen LogP contribution in [0.3, 0.4) is 0 Å². The highest BCUT2D eigenvalue weighted by atomic mass is 16.3. The minimum absolute atomic E-state index is 0.822. The summed E-state index contributed by atoms with van der Waals surface area (Å²) in [6.45, 7) is 4.02. The van der Waals surface area contributed by atoms with E-state index in [-0.39, 0.29) is 0 Å². The van der Waals surface area contributed by atoms with Gasteiger partial charge >= 0.3 is 0 Å². The molecule has 1 aromatic carbocycles. The van der Waals surface area contributed by atoms with E-state index < -0.39 is 0 Å². The molecule has 0 aliphatic heterocycles. The summed E-state index contributed by atoms with van der Waals surface area (Å²) in [5.41, 5.74) is 11.1. The second-order valence-electron chi connectivity index (χ2n) is 3.54. The fourth-order valence-corrected chi connectivity index (χ4v) is 1.46. The molecule has 0 atom stereocenters. The van der Waals surface area contributed by atoms with Crippen molar-refractivity contribution < 1.29 is 4.42 Å². The van der Waals surface area contributed by atoms with E-state index in [0.717, 1.165) is 27.9 Å². The van der Waals surface area contributed by atoms with Crippen LogP contribution in [0.1, 0.15) is 11.1 Å². The Kier molecular flexibility index (Phi) is 2.04. The summed E-state index contributed by atoms with van der Waals surface area (Å²) >= 11 is 0. The fourth-order valence-electron chi connectivity index (χ4n) is 1.46. The zero-order valence-electron chi connectivity index (χ0n) is 8.37.